The first-order valence-corrected chi connectivity index (χ1v) is 5.10. The third-order valence-corrected chi connectivity index (χ3v) is 2.18. The van der Waals surface area contributed by atoms with E-state index >= 15 is 0 Å². The fraction of sp³-hybridized carbons (Fsp3) is 0.364. The van der Waals surface area contributed by atoms with Gasteiger partial charge in [-0.05, 0) is 18.2 Å². The Morgan fingerprint density at radius 1 is 1.44 bits per heavy atom. The lowest BCUT2D eigenvalue weighted by Gasteiger charge is -2.12. The van der Waals surface area contributed by atoms with Gasteiger partial charge in [0, 0.05) is 18.5 Å². The average Bonchev–Trinajstić information content (AvgIpc) is 2.27. The molecule has 1 aromatic carbocycles. The Labute approximate surface area is 102 Å². The van der Waals surface area contributed by atoms with Gasteiger partial charge in [0.15, 0.2) is 0 Å². The van der Waals surface area contributed by atoms with Crippen molar-refractivity contribution in [2.45, 2.75) is 12.6 Å². The Hall–Kier alpha value is -1.76. The first-order chi connectivity index (χ1) is 8.34. The molecule has 0 aromatic heterocycles. The molecule has 0 aliphatic carbocycles. The lowest BCUT2D eigenvalue weighted by molar-refractivity contribution is -0.136. The van der Waals surface area contributed by atoms with Crippen molar-refractivity contribution in [1.29, 1.82) is 0 Å². The molecule has 0 heterocycles. The molecule has 4 nitrogen and oxygen atoms in total. The van der Waals surface area contributed by atoms with Crippen molar-refractivity contribution in [2.24, 2.45) is 0 Å². The van der Waals surface area contributed by atoms with Crippen LogP contribution in [0, 0.1) is 0 Å². The topological polar surface area (TPSA) is 64.3 Å². The minimum atomic E-state index is -4.54. The van der Waals surface area contributed by atoms with Gasteiger partial charge < -0.3 is 15.8 Å². The Bertz CT molecular complexity index is 433. The summed E-state index contributed by atoms with van der Waals surface area (Å²) in [6.45, 7) is 0.201. The van der Waals surface area contributed by atoms with Gasteiger partial charge in [-0.3, -0.25) is 4.79 Å². The van der Waals surface area contributed by atoms with Crippen molar-refractivity contribution in [3.05, 3.63) is 23.8 Å². The minimum Gasteiger partial charge on any atom is -0.398 e. The molecule has 100 valence electrons. The summed E-state index contributed by atoms with van der Waals surface area (Å²) >= 11 is 0. The Balaban J connectivity index is 2.83. The number of anilines is 2. The largest absolute Gasteiger partial charge is 0.418 e. The van der Waals surface area contributed by atoms with Crippen LogP contribution in [0.2, 0.25) is 0 Å². The summed E-state index contributed by atoms with van der Waals surface area (Å²) in [4.78, 5) is 11.3. The standard InChI is InChI=1S/C11H13F3N2O2/c1-18-5-4-10(17)16-7-2-3-9(15)8(6-7)11(12,13)14/h2-3,6H,4-5,15H2,1H3,(H,16,17). The molecule has 0 atom stereocenters. The Morgan fingerprint density at radius 2 is 2.11 bits per heavy atom. The summed E-state index contributed by atoms with van der Waals surface area (Å²) < 4.78 is 42.4. The van der Waals surface area contributed by atoms with E-state index in [1.807, 2.05) is 0 Å². The normalized spacial score (nSPS) is 11.3. The summed E-state index contributed by atoms with van der Waals surface area (Å²) in [6, 6.07) is 3.23. The number of rotatable bonds is 4. The zero-order valence-electron chi connectivity index (χ0n) is 9.67. The molecule has 3 N–H and O–H groups in total. The van der Waals surface area contributed by atoms with E-state index in [0.29, 0.717) is 0 Å². The number of nitrogens with one attached hydrogen (secondary N) is 1. The monoisotopic (exact) mass is 262 g/mol. The molecule has 0 saturated carbocycles. The number of carbonyl (C=O) groups is 1. The molecule has 1 amide bonds. The number of nitrogens with two attached hydrogens (primary N) is 1. The molecule has 7 heteroatoms. The van der Waals surface area contributed by atoms with Crippen LogP contribution < -0.4 is 11.1 Å². The lowest BCUT2D eigenvalue weighted by atomic mass is 10.1. The molecule has 0 unspecified atom stereocenters. The average molecular weight is 262 g/mol. The van der Waals surface area contributed by atoms with E-state index in [1.54, 1.807) is 0 Å². The number of benzene rings is 1. The second-order valence-corrected chi connectivity index (χ2v) is 3.59. The molecular weight excluding hydrogens is 249 g/mol. The van der Waals surface area contributed by atoms with Crippen molar-refractivity contribution >= 4 is 17.3 Å². The molecular formula is C11H13F3N2O2. The third kappa shape index (κ3) is 3.92. The van der Waals surface area contributed by atoms with Gasteiger partial charge in [-0.25, -0.2) is 0 Å². The van der Waals surface area contributed by atoms with Crippen LogP contribution in [0.25, 0.3) is 0 Å². The van der Waals surface area contributed by atoms with E-state index in [9.17, 15) is 18.0 Å². The van der Waals surface area contributed by atoms with Crippen LogP contribution in [-0.4, -0.2) is 19.6 Å². The number of halogens is 3. The van der Waals surface area contributed by atoms with E-state index in [4.69, 9.17) is 5.73 Å². The number of nitrogen functional groups attached to an aromatic ring is 1. The highest BCUT2D eigenvalue weighted by atomic mass is 19.4. The summed E-state index contributed by atoms with van der Waals surface area (Å²) in [7, 11) is 1.43. The van der Waals surface area contributed by atoms with Crippen molar-refractivity contribution < 1.29 is 22.7 Å². The van der Waals surface area contributed by atoms with Crippen molar-refractivity contribution in [3.63, 3.8) is 0 Å². The number of carbonyl (C=O) groups excluding carboxylic acids is 1. The van der Waals surface area contributed by atoms with Crippen LogP contribution in [0.5, 0.6) is 0 Å². The van der Waals surface area contributed by atoms with E-state index in [0.717, 1.165) is 12.1 Å². The molecule has 1 rings (SSSR count). The summed E-state index contributed by atoms with van der Waals surface area (Å²) in [5, 5.41) is 2.34. The molecule has 0 radical (unpaired) electrons. The van der Waals surface area contributed by atoms with Crippen LogP contribution in [0.1, 0.15) is 12.0 Å². The maximum Gasteiger partial charge on any atom is 0.418 e. The highest BCUT2D eigenvalue weighted by Crippen LogP contribution is 2.35. The van der Waals surface area contributed by atoms with Crippen molar-refractivity contribution in [1.82, 2.24) is 0 Å². The van der Waals surface area contributed by atoms with Gasteiger partial charge in [0.1, 0.15) is 0 Å². The van der Waals surface area contributed by atoms with Gasteiger partial charge in [-0.1, -0.05) is 0 Å². The second kappa shape index (κ2) is 5.72. The molecule has 1 aromatic rings. The quantitative estimate of drug-likeness (QED) is 0.818. The van der Waals surface area contributed by atoms with Gasteiger partial charge in [0.05, 0.1) is 18.6 Å². The van der Waals surface area contributed by atoms with E-state index in [2.05, 4.69) is 10.1 Å². The smallest absolute Gasteiger partial charge is 0.398 e. The van der Waals surface area contributed by atoms with Gasteiger partial charge in [-0.15, -0.1) is 0 Å². The molecule has 0 aliphatic heterocycles. The van der Waals surface area contributed by atoms with Crippen LogP contribution >= 0.6 is 0 Å². The zero-order valence-corrected chi connectivity index (χ0v) is 9.67. The summed E-state index contributed by atoms with van der Waals surface area (Å²) in [6.07, 6.45) is -4.47. The van der Waals surface area contributed by atoms with Crippen LogP contribution in [0.4, 0.5) is 24.5 Å². The second-order valence-electron chi connectivity index (χ2n) is 3.59. The highest BCUT2D eigenvalue weighted by Gasteiger charge is 2.33. The van der Waals surface area contributed by atoms with Gasteiger partial charge in [0.25, 0.3) is 0 Å². The maximum atomic E-state index is 12.6. The van der Waals surface area contributed by atoms with Crippen LogP contribution in [0.3, 0.4) is 0 Å². The number of methoxy groups -OCH3 is 1. The number of amides is 1. The predicted octanol–water partition coefficient (Wildman–Crippen LogP) is 2.26. The van der Waals surface area contributed by atoms with Crippen molar-refractivity contribution in [3.8, 4) is 0 Å². The number of ether oxygens (including phenoxy) is 1. The molecule has 0 bridgehead atoms. The highest BCUT2D eigenvalue weighted by molar-refractivity contribution is 5.91. The first-order valence-electron chi connectivity index (χ1n) is 5.10. The maximum absolute atomic E-state index is 12.6. The summed E-state index contributed by atoms with van der Waals surface area (Å²) in [5.41, 5.74) is 3.94. The fourth-order valence-electron chi connectivity index (χ4n) is 1.30. The van der Waals surface area contributed by atoms with E-state index in [1.165, 1.54) is 13.2 Å². The van der Waals surface area contributed by atoms with Gasteiger partial charge in [-0.2, -0.15) is 13.2 Å². The van der Waals surface area contributed by atoms with Gasteiger partial charge in [0.2, 0.25) is 5.91 Å². The lowest BCUT2D eigenvalue weighted by Crippen LogP contribution is -2.15. The van der Waals surface area contributed by atoms with E-state index in [-0.39, 0.29) is 24.4 Å². The Kier molecular flexibility index (Phi) is 4.55. The molecule has 18 heavy (non-hydrogen) atoms. The van der Waals surface area contributed by atoms with E-state index < -0.39 is 17.6 Å². The summed E-state index contributed by atoms with van der Waals surface area (Å²) in [5.74, 6) is -0.422. The van der Waals surface area contributed by atoms with Crippen LogP contribution in [-0.2, 0) is 15.7 Å². The number of alkyl halides is 3. The van der Waals surface area contributed by atoms with Crippen molar-refractivity contribution in [2.75, 3.05) is 24.8 Å². The molecule has 0 aliphatic rings. The number of hydrogen-bond acceptors (Lipinski definition) is 3. The SMILES string of the molecule is COCCC(=O)Nc1ccc(N)c(C(F)(F)F)c1. The third-order valence-electron chi connectivity index (χ3n) is 2.18. The molecule has 0 spiro atoms. The predicted molar refractivity (Wildman–Crippen MR) is 61.0 cm³/mol. The zero-order chi connectivity index (χ0) is 13.8. The molecule has 0 fully saturated rings. The van der Waals surface area contributed by atoms with Crippen LogP contribution in [0.15, 0.2) is 18.2 Å². The number of hydrogen-bond donors (Lipinski definition) is 2. The first kappa shape index (κ1) is 14.3. The fourth-order valence-corrected chi connectivity index (χ4v) is 1.30. The minimum absolute atomic E-state index is 0.0534. The van der Waals surface area contributed by atoms with Gasteiger partial charge >= 0.3 is 6.18 Å². The Morgan fingerprint density at radius 3 is 2.67 bits per heavy atom. The molecule has 0 saturated heterocycles.